The summed E-state index contributed by atoms with van der Waals surface area (Å²) >= 11 is 0. The van der Waals surface area contributed by atoms with Gasteiger partial charge in [0.15, 0.2) is 0 Å². The van der Waals surface area contributed by atoms with Crippen molar-refractivity contribution < 1.29 is 14.6 Å². The number of piperidine rings is 1. The molecule has 1 saturated heterocycles. The van der Waals surface area contributed by atoms with Crippen molar-refractivity contribution in [3.8, 4) is 5.75 Å². The highest BCUT2D eigenvalue weighted by molar-refractivity contribution is 5.56. The number of hydrogen-bond donors (Lipinski definition) is 1. The van der Waals surface area contributed by atoms with Crippen LogP contribution in [0, 0.1) is 11.8 Å². The molecule has 1 saturated carbocycles. The van der Waals surface area contributed by atoms with Crippen LogP contribution in [0.15, 0.2) is 42.5 Å². The maximum absolute atomic E-state index is 11.1. The Morgan fingerprint density at radius 3 is 2.41 bits per heavy atom. The predicted octanol–water partition coefficient (Wildman–Crippen LogP) is 5.81. The highest BCUT2D eigenvalue weighted by Gasteiger charge is 2.47. The summed E-state index contributed by atoms with van der Waals surface area (Å²) in [6, 6.07) is 14.8. The molecule has 4 nitrogen and oxygen atoms in total. The third-order valence-electron chi connectivity index (χ3n) is 8.29. The summed E-state index contributed by atoms with van der Waals surface area (Å²) in [4.78, 5) is 13.5. The fourth-order valence-corrected chi connectivity index (χ4v) is 6.34. The van der Waals surface area contributed by atoms with Crippen LogP contribution in [0.4, 0.5) is 5.69 Å². The molecule has 0 unspecified atom stereocenters. The Morgan fingerprint density at radius 2 is 1.72 bits per heavy atom. The first-order valence-corrected chi connectivity index (χ1v) is 12.3. The minimum atomic E-state index is -0.242. The minimum absolute atomic E-state index is 0.157. The summed E-state index contributed by atoms with van der Waals surface area (Å²) in [7, 11) is 0. The molecule has 2 aromatic rings. The van der Waals surface area contributed by atoms with Crippen molar-refractivity contribution in [3.63, 3.8) is 0 Å². The van der Waals surface area contributed by atoms with E-state index >= 15 is 0 Å². The Kier molecular flexibility index (Phi) is 5.98. The van der Waals surface area contributed by atoms with Gasteiger partial charge in [-0.25, -0.2) is 0 Å². The highest BCUT2D eigenvalue weighted by Crippen LogP contribution is 2.51. The maximum Gasteiger partial charge on any atom is 0.123 e. The van der Waals surface area contributed by atoms with Crippen LogP contribution in [-0.2, 0) is 16.1 Å². The minimum Gasteiger partial charge on any atom is -0.508 e. The van der Waals surface area contributed by atoms with Crippen molar-refractivity contribution in [2.24, 2.45) is 11.8 Å². The van der Waals surface area contributed by atoms with Crippen molar-refractivity contribution in [1.82, 2.24) is 0 Å². The molecule has 2 fully saturated rings. The number of carbonyl (C=O) groups is 1. The number of phenols is 1. The fourth-order valence-electron chi connectivity index (χ4n) is 6.34. The Morgan fingerprint density at radius 1 is 1.00 bits per heavy atom. The molecule has 1 N–H and O–H groups in total. The first-order chi connectivity index (χ1) is 15.6. The lowest BCUT2D eigenvalue weighted by Gasteiger charge is -2.49. The smallest absolute Gasteiger partial charge is 0.123 e. The number of ether oxygens (including phenoxy) is 1. The average Bonchev–Trinajstić information content (AvgIpc) is 2.85. The molecule has 2 atom stereocenters. The van der Waals surface area contributed by atoms with Gasteiger partial charge in [-0.1, -0.05) is 37.5 Å². The molecular formula is C28H35NO3. The van der Waals surface area contributed by atoms with Crippen LogP contribution in [0.5, 0.6) is 5.75 Å². The number of benzene rings is 2. The SMILES string of the molecule is C[C@]1(C2CCCCC2)OCc2cc(O)ccc2[C@H]1c1ccc(N2CCC(C=O)CC2)cc1. The highest BCUT2D eigenvalue weighted by atomic mass is 16.5. The van der Waals surface area contributed by atoms with Crippen LogP contribution in [0.2, 0.25) is 0 Å². The van der Waals surface area contributed by atoms with Gasteiger partial charge in [0, 0.05) is 30.6 Å². The lowest BCUT2D eigenvalue weighted by molar-refractivity contribution is -0.114. The molecule has 2 aliphatic heterocycles. The monoisotopic (exact) mass is 433 g/mol. The molecule has 1 aliphatic carbocycles. The molecule has 2 aromatic carbocycles. The van der Waals surface area contributed by atoms with E-state index in [0.29, 0.717) is 18.3 Å². The van der Waals surface area contributed by atoms with E-state index in [4.69, 9.17) is 4.74 Å². The summed E-state index contributed by atoms with van der Waals surface area (Å²) in [6.07, 6.45) is 9.36. The normalized spacial score (nSPS) is 27.2. The lowest BCUT2D eigenvalue weighted by atomic mass is 9.65. The number of carbonyl (C=O) groups excluding carboxylic acids is 1. The van der Waals surface area contributed by atoms with Gasteiger partial charge in [-0.3, -0.25) is 0 Å². The standard InChI is InChI=1S/C28H35NO3/c1-28(23-5-3-2-4-6-23)27(26-12-11-25(31)17-22(26)19-32-28)21-7-9-24(10-8-21)29-15-13-20(18-30)14-16-29/h7-12,17-18,20,23,27,31H,2-6,13-16,19H2,1H3/t27-,28-/m1/s1. The zero-order valence-corrected chi connectivity index (χ0v) is 19.1. The average molecular weight is 434 g/mol. The fraction of sp³-hybridized carbons (Fsp3) is 0.536. The molecule has 0 aromatic heterocycles. The molecule has 0 bridgehead atoms. The number of fused-ring (bicyclic) bond motifs is 1. The van der Waals surface area contributed by atoms with E-state index in [9.17, 15) is 9.90 Å². The van der Waals surface area contributed by atoms with Gasteiger partial charge in [0.2, 0.25) is 0 Å². The first kappa shape index (κ1) is 21.5. The van der Waals surface area contributed by atoms with E-state index in [1.165, 1.54) is 48.9 Å². The number of nitrogens with zero attached hydrogens (tertiary/aromatic N) is 1. The molecule has 5 rings (SSSR count). The zero-order chi connectivity index (χ0) is 22.1. The number of hydrogen-bond acceptors (Lipinski definition) is 4. The van der Waals surface area contributed by atoms with Gasteiger partial charge in [-0.2, -0.15) is 0 Å². The van der Waals surface area contributed by atoms with E-state index < -0.39 is 0 Å². The molecule has 0 spiro atoms. The molecule has 0 radical (unpaired) electrons. The van der Waals surface area contributed by atoms with Gasteiger partial charge in [0.25, 0.3) is 0 Å². The van der Waals surface area contributed by atoms with Crippen molar-refractivity contribution in [1.29, 1.82) is 0 Å². The number of anilines is 1. The molecule has 170 valence electrons. The van der Waals surface area contributed by atoms with Gasteiger partial charge in [0.1, 0.15) is 12.0 Å². The van der Waals surface area contributed by atoms with Crippen molar-refractivity contribution in [2.75, 3.05) is 18.0 Å². The summed E-state index contributed by atoms with van der Waals surface area (Å²) < 4.78 is 6.67. The summed E-state index contributed by atoms with van der Waals surface area (Å²) in [5, 5.41) is 10.1. The lowest BCUT2D eigenvalue weighted by Crippen LogP contribution is -2.47. The topological polar surface area (TPSA) is 49.8 Å². The molecule has 32 heavy (non-hydrogen) atoms. The predicted molar refractivity (Wildman–Crippen MR) is 127 cm³/mol. The van der Waals surface area contributed by atoms with Crippen molar-refractivity contribution in [2.45, 2.75) is 70.0 Å². The van der Waals surface area contributed by atoms with Gasteiger partial charge >= 0.3 is 0 Å². The Labute approximate surface area is 191 Å². The third kappa shape index (κ3) is 3.94. The van der Waals surface area contributed by atoms with Crippen LogP contribution in [-0.4, -0.2) is 30.1 Å². The van der Waals surface area contributed by atoms with Crippen LogP contribution in [0.1, 0.15) is 74.5 Å². The molecule has 0 amide bonds. The molecular weight excluding hydrogens is 398 g/mol. The van der Waals surface area contributed by atoms with Crippen LogP contribution >= 0.6 is 0 Å². The Hall–Kier alpha value is -2.33. The largest absolute Gasteiger partial charge is 0.508 e. The number of aldehydes is 1. The van der Waals surface area contributed by atoms with E-state index in [0.717, 1.165) is 37.8 Å². The number of phenolic OH excluding ortho intramolecular Hbond substituents is 1. The van der Waals surface area contributed by atoms with E-state index in [-0.39, 0.29) is 17.4 Å². The summed E-state index contributed by atoms with van der Waals surface area (Å²) in [5.74, 6) is 1.23. The number of aromatic hydroxyl groups is 1. The van der Waals surface area contributed by atoms with Gasteiger partial charge in [-0.15, -0.1) is 0 Å². The molecule has 4 heteroatoms. The van der Waals surface area contributed by atoms with E-state index in [1.54, 1.807) is 0 Å². The first-order valence-electron chi connectivity index (χ1n) is 12.3. The second-order valence-corrected chi connectivity index (χ2v) is 10.2. The van der Waals surface area contributed by atoms with E-state index in [2.05, 4.69) is 42.2 Å². The van der Waals surface area contributed by atoms with Crippen molar-refractivity contribution in [3.05, 3.63) is 59.2 Å². The summed E-state index contributed by atoms with van der Waals surface area (Å²) in [5.41, 5.74) is 4.68. The molecule has 3 aliphatic rings. The van der Waals surface area contributed by atoms with Crippen molar-refractivity contribution >= 4 is 12.0 Å². The third-order valence-corrected chi connectivity index (χ3v) is 8.29. The quantitative estimate of drug-likeness (QED) is 0.618. The van der Waals surface area contributed by atoms with E-state index in [1.807, 2.05) is 12.1 Å². The zero-order valence-electron chi connectivity index (χ0n) is 19.1. The van der Waals surface area contributed by atoms with Gasteiger partial charge < -0.3 is 19.5 Å². The second-order valence-electron chi connectivity index (χ2n) is 10.2. The van der Waals surface area contributed by atoms with Gasteiger partial charge in [0.05, 0.1) is 12.2 Å². The molecule has 2 heterocycles. The maximum atomic E-state index is 11.1. The Balaban J connectivity index is 1.47. The number of rotatable bonds is 4. The van der Waals surface area contributed by atoms with Crippen LogP contribution < -0.4 is 4.90 Å². The Bertz CT molecular complexity index is 942. The van der Waals surface area contributed by atoms with Crippen LogP contribution in [0.25, 0.3) is 0 Å². The summed E-state index contributed by atoms with van der Waals surface area (Å²) in [6.45, 7) is 4.77. The second kappa shape index (κ2) is 8.90. The van der Waals surface area contributed by atoms with Crippen LogP contribution in [0.3, 0.4) is 0 Å². The van der Waals surface area contributed by atoms with Gasteiger partial charge in [-0.05, 0) is 79.5 Å².